The highest BCUT2D eigenvalue weighted by Gasteiger charge is 2.23. The lowest BCUT2D eigenvalue weighted by Crippen LogP contribution is -2.21. The fraction of sp³-hybridized carbons (Fsp3) is 0.211. The number of rotatable bonds is 5. The maximum absolute atomic E-state index is 12.3. The average molecular weight is 369 g/mol. The van der Waals surface area contributed by atoms with E-state index in [1.54, 1.807) is 12.1 Å². The van der Waals surface area contributed by atoms with Crippen molar-refractivity contribution in [1.29, 1.82) is 0 Å². The highest BCUT2D eigenvalue weighted by Crippen LogP contribution is 2.24. The number of benzene rings is 2. The van der Waals surface area contributed by atoms with Gasteiger partial charge in [0.05, 0.1) is 31.0 Å². The molecule has 1 N–H and O–H groups in total. The second kappa shape index (κ2) is 7.27. The lowest BCUT2D eigenvalue weighted by atomic mass is 10.1. The minimum Gasteiger partial charge on any atom is -0.376 e. The molecule has 1 aromatic heterocycles. The lowest BCUT2D eigenvalue weighted by molar-refractivity contribution is 0.0952. The molecule has 0 aliphatic carbocycles. The molecule has 4 rings (SSSR count). The predicted molar refractivity (Wildman–Crippen MR) is 97.3 cm³/mol. The van der Waals surface area contributed by atoms with Gasteiger partial charge in [0.25, 0.3) is 5.91 Å². The fourth-order valence-corrected chi connectivity index (χ4v) is 3.15. The van der Waals surface area contributed by atoms with Gasteiger partial charge in [-0.25, -0.2) is 0 Å². The number of amides is 1. The van der Waals surface area contributed by atoms with Crippen LogP contribution in [-0.2, 0) is 24.3 Å². The Morgan fingerprint density at radius 2 is 2.00 bits per heavy atom. The monoisotopic (exact) mass is 368 g/mol. The van der Waals surface area contributed by atoms with Gasteiger partial charge in [-0.05, 0) is 23.8 Å². The first-order valence-electron chi connectivity index (χ1n) is 8.35. The van der Waals surface area contributed by atoms with Crippen LogP contribution in [0.3, 0.4) is 0 Å². The Balaban J connectivity index is 1.53. The maximum Gasteiger partial charge on any atom is 0.253 e. The van der Waals surface area contributed by atoms with E-state index in [2.05, 4.69) is 15.5 Å². The van der Waals surface area contributed by atoms with E-state index >= 15 is 0 Å². The Morgan fingerprint density at radius 3 is 2.85 bits per heavy atom. The first kappa shape index (κ1) is 16.8. The Bertz CT molecular complexity index is 940. The van der Waals surface area contributed by atoms with E-state index in [0.717, 1.165) is 17.1 Å². The maximum atomic E-state index is 12.3. The number of hydrogen-bond acceptors (Lipinski definition) is 4. The fourth-order valence-electron chi connectivity index (χ4n) is 2.98. The van der Waals surface area contributed by atoms with Crippen molar-refractivity contribution in [2.24, 2.45) is 0 Å². The SMILES string of the molecule is O=C1NCc2nnc(CCOCc3ccccc3)n2-c2ccc(Cl)cc21. The smallest absolute Gasteiger partial charge is 0.253 e. The van der Waals surface area contributed by atoms with E-state index in [-0.39, 0.29) is 5.91 Å². The molecule has 0 saturated heterocycles. The Morgan fingerprint density at radius 1 is 1.15 bits per heavy atom. The zero-order chi connectivity index (χ0) is 17.9. The molecule has 2 heterocycles. The Kier molecular flexibility index (Phi) is 4.69. The van der Waals surface area contributed by atoms with Crippen LogP contribution in [-0.4, -0.2) is 27.3 Å². The molecular weight excluding hydrogens is 352 g/mol. The number of hydrogen-bond donors (Lipinski definition) is 1. The van der Waals surface area contributed by atoms with Gasteiger partial charge >= 0.3 is 0 Å². The molecule has 26 heavy (non-hydrogen) atoms. The minimum atomic E-state index is -0.167. The van der Waals surface area contributed by atoms with E-state index in [1.807, 2.05) is 41.0 Å². The summed E-state index contributed by atoms with van der Waals surface area (Å²) in [4.78, 5) is 12.3. The van der Waals surface area contributed by atoms with Crippen molar-refractivity contribution in [3.8, 4) is 5.69 Å². The molecule has 1 amide bonds. The molecule has 0 spiro atoms. The van der Waals surface area contributed by atoms with Gasteiger partial charge < -0.3 is 10.1 Å². The van der Waals surface area contributed by atoms with Gasteiger partial charge in [-0.1, -0.05) is 41.9 Å². The highest BCUT2D eigenvalue weighted by molar-refractivity contribution is 6.31. The number of aromatic nitrogens is 3. The molecule has 0 atom stereocenters. The van der Waals surface area contributed by atoms with E-state index in [4.69, 9.17) is 16.3 Å². The van der Waals surface area contributed by atoms with E-state index in [0.29, 0.717) is 42.6 Å². The summed E-state index contributed by atoms with van der Waals surface area (Å²) < 4.78 is 7.67. The number of nitrogens with zero attached hydrogens (tertiary/aromatic N) is 3. The number of fused-ring (bicyclic) bond motifs is 3. The quantitative estimate of drug-likeness (QED) is 0.703. The van der Waals surface area contributed by atoms with Gasteiger partial charge in [-0.15, -0.1) is 10.2 Å². The molecule has 0 unspecified atom stereocenters. The predicted octanol–water partition coefficient (Wildman–Crippen LogP) is 2.92. The van der Waals surface area contributed by atoms with E-state index < -0.39 is 0 Å². The van der Waals surface area contributed by atoms with Crippen molar-refractivity contribution >= 4 is 17.5 Å². The van der Waals surface area contributed by atoms with Crippen LogP contribution in [0.4, 0.5) is 0 Å². The summed E-state index contributed by atoms with van der Waals surface area (Å²) in [5.41, 5.74) is 2.38. The van der Waals surface area contributed by atoms with Gasteiger partial charge in [-0.2, -0.15) is 0 Å². The van der Waals surface area contributed by atoms with Crippen LogP contribution in [0, 0.1) is 0 Å². The van der Waals surface area contributed by atoms with Crippen LogP contribution in [0.5, 0.6) is 0 Å². The van der Waals surface area contributed by atoms with E-state index in [9.17, 15) is 4.79 Å². The molecule has 1 aliphatic rings. The third kappa shape index (κ3) is 3.34. The summed E-state index contributed by atoms with van der Waals surface area (Å²) in [6.07, 6.45) is 0.593. The van der Waals surface area contributed by atoms with Crippen molar-refractivity contribution in [2.75, 3.05) is 6.61 Å². The third-order valence-corrected chi connectivity index (χ3v) is 4.46. The van der Waals surface area contributed by atoms with Crippen LogP contribution in [0.2, 0.25) is 5.02 Å². The zero-order valence-electron chi connectivity index (χ0n) is 14.0. The summed E-state index contributed by atoms with van der Waals surface area (Å²) >= 11 is 6.06. The van der Waals surface area contributed by atoms with Crippen LogP contribution < -0.4 is 5.32 Å². The molecule has 0 radical (unpaired) electrons. The molecular formula is C19H17ClN4O2. The van der Waals surface area contributed by atoms with Gasteiger partial charge in [-0.3, -0.25) is 9.36 Å². The lowest BCUT2D eigenvalue weighted by Gasteiger charge is -2.11. The summed E-state index contributed by atoms with van der Waals surface area (Å²) in [6, 6.07) is 15.3. The number of halogens is 1. The summed E-state index contributed by atoms with van der Waals surface area (Å²) in [5, 5.41) is 11.8. The number of nitrogens with one attached hydrogen (secondary N) is 1. The van der Waals surface area contributed by atoms with Crippen molar-refractivity contribution in [3.05, 3.63) is 76.3 Å². The number of carbonyl (C=O) groups is 1. The van der Waals surface area contributed by atoms with Crippen molar-refractivity contribution in [1.82, 2.24) is 20.1 Å². The second-order valence-electron chi connectivity index (χ2n) is 6.00. The third-order valence-electron chi connectivity index (χ3n) is 4.23. The summed E-state index contributed by atoms with van der Waals surface area (Å²) in [7, 11) is 0. The van der Waals surface area contributed by atoms with E-state index in [1.165, 1.54) is 0 Å². The molecule has 2 aromatic carbocycles. The van der Waals surface area contributed by atoms with Gasteiger partial charge in [0.2, 0.25) is 0 Å². The van der Waals surface area contributed by atoms with Crippen LogP contribution >= 0.6 is 11.6 Å². The molecule has 0 fully saturated rings. The molecule has 6 nitrogen and oxygen atoms in total. The largest absolute Gasteiger partial charge is 0.376 e. The standard InChI is InChI=1S/C19H17ClN4O2/c20-14-6-7-16-15(10-14)19(25)21-11-18-23-22-17(24(16)18)8-9-26-12-13-4-2-1-3-5-13/h1-7,10H,8-9,11-12H2,(H,21,25). The Labute approximate surface area is 155 Å². The average Bonchev–Trinajstić information content (AvgIpc) is 3.01. The van der Waals surface area contributed by atoms with Crippen LogP contribution in [0.1, 0.15) is 27.6 Å². The van der Waals surface area contributed by atoms with Crippen LogP contribution in [0.15, 0.2) is 48.5 Å². The molecule has 0 bridgehead atoms. The number of carbonyl (C=O) groups excluding carboxylic acids is 1. The molecule has 0 saturated carbocycles. The first-order chi connectivity index (χ1) is 12.7. The highest BCUT2D eigenvalue weighted by atomic mass is 35.5. The minimum absolute atomic E-state index is 0.167. The first-order valence-corrected chi connectivity index (χ1v) is 8.73. The zero-order valence-corrected chi connectivity index (χ0v) is 14.7. The summed E-state index contributed by atoms with van der Waals surface area (Å²) in [5.74, 6) is 1.28. The second-order valence-corrected chi connectivity index (χ2v) is 6.44. The topological polar surface area (TPSA) is 69.0 Å². The normalized spacial score (nSPS) is 12.9. The van der Waals surface area contributed by atoms with Crippen LogP contribution in [0.25, 0.3) is 5.69 Å². The molecule has 3 aromatic rings. The van der Waals surface area contributed by atoms with Gasteiger partial charge in [0, 0.05) is 11.4 Å². The van der Waals surface area contributed by atoms with Crippen molar-refractivity contribution in [2.45, 2.75) is 19.6 Å². The Hall–Kier alpha value is -2.70. The van der Waals surface area contributed by atoms with Gasteiger partial charge in [0.1, 0.15) is 5.82 Å². The molecule has 1 aliphatic heterocycles. The molecule has 7 heteroatoms. The number of ether oxygens (including phenoxy) is 1. The molecule has 132 valence electrons. The summed E-state index contributed by atoms with van der Waals surface area (Å²) in [6.45, 7) is 1.38. The van der Waals surface area contributed by atoms with Crippen molar-refractivity contribution < 1.29 is 9.53 Å². The van der Waals surface area contributed by atoms with Crippen molar-refractivity contribution in [3.63, 3.8) is 0 Å². The van der Waals surface area contributed by atoms with Gasteiger partial charge in [0.15, 0.2) is 5.82 Å².